The number of piperidine rings is 1. The lowest BCUT2D eigenvalue weighted by Crippen LogP contribution is -2.30. The average molecular weight is 435 g/mol. The van der Waals surface area contributed by atoms with Gasteiger partial charge in [-0.1, -0.05) is 0 Å². The first-order valence-electron chi connectivity index (χ1n) is 10.2. The van der Waals surface area contributed by atoms with Crippen molar-refractivity contribution in [2.45, 2.75) is 44.9 Å². The summed E-state index contributed by atoms with van der Waals surface area (Å²) in [5.74, 6) is 2.27. The second-order valence-corrected chi connectivity index (χ2v) is 9.23. The topological polar surface area (TPSA) is 93.7 Å². The zero-order chi connectivity index (χ0) is 21.7. The van der Waals surface area contributed by atoms with E-state index in [4.69, 9.17) is 9.47 Å². The number of hydrogen-bond donors (Lipinski definition) is 1. The van der Waals surface area contributed by atoms with E-state index in [2.05, 4.69) is 19.6 Å². The molecule has 3 rings (SSSR count). The number of nitrogens with zero attached hydrogens (tertiary/aromatic N) is 3. The highest BCUT2D eigenvalue weighted by Gasteiger charge is 2.20. The molecule has 0 unspecified atom stereocenters. The molecule has 1 fully saturated rings. The van der Waals surface area contributed by atoms with Gasteiger partial charge in [0, 0.05) is 25.7 Å². The van der Waals surface area contributed by atoms with Crippen molar-refractivity contribution < 1.29 is 17.9 Å². The summed E-state index contributed by atoms with van der Waals surface area (Å²) in [6.07, 6.45) is 3.56. The monoisotopic (exact) mass is 434 g/mol. The van der Waals surface area contributed by atoms with Crippen LogP contribution in [-0.2, 0) is 10.0 Å². The predicted molar refractivity (Wildman–Crippen MR) is 116 cm³/mol. The summed E-state index contributed by atoms with van der Waals surface area (Å²) in [7, 11) is -2.26. The van der Waals surface area contributed by atoms with Gasteiger partial charge < -0.3 is 14.4 Å². The zero-order valence-electron chi connectivity index (χ0n) is 18.1. The second kappa shape index (κ2) is 9.61. The summed E-state index contributed by atoms with van der Waals surface area (Å²) in [4.78, 5) is 11.2. The van der Waals surface area contributed by atoms with Crippen molar-refractivity contribution in [3.8, 4) is 11.6 Å². The normalized spacial score (nSPS) is 14.6. The van der Waals surface area contributed by atoms with Crippen LogP contribution in [0, 0.1) is 20.8 Å². The molecule has 0 spiro atoms. The highest BCUT2D eigenvalue weighted by Crippen LogP contribution is 2.27. The van der Waals surface area contributed by atoms with E-state index in [9.17, 15) is 8.42 Å². The number of benzene rings is 1. The van der Waals surface area contributed by atoms with Crippen LogP contribution in [0.15, 0.2) is 23.1 Å². The molecule has 0 radical (unpaired) electrons. The summed E-state index contributed by atoms with van der Waals surface area (Å²) < 4.78 is 39.0. The largest absolute Gasteiger partial charge is 0.495 e. The van der Waals surface area contributed by atoms with Crippen LogP contribution in [0.2, 0.25) is 0 Å². The van der Waals surface area contributed by atoms with Crippen molar-refractivity contribution in [3.05, 3.63) is 35.2 Å². The van der Waals surface area contributed by atoms with Crippen molar-refractivity contribution in [2.75, 3.05) is 38.3 Å². The van der Waals surface area contributed by atoms with Gasteiger partial charge in [0.2, 0.25) is 15.9 Å². The number of aromatic nitrogens is 2. The molecular formula is C21H30N4O4S. The Morgan fingerprint density at radius 2 is 1.73 bits per heavy atom. The van der Waals surface area contributed by atoms with Crippen molar-refractivity contribution >= 4 is 15.8 Å². The Morgan fingerprint density at radius 3 is 2.43 bits per heavy atom. The molecule has 1 N–H and O–H groups in total. The Kier molecular flexibility index (Phi) is 7.14. The SMILES string of the molecule is COc1cc(C)c(C)cc1S(=O)(=O)NCCOc1cc(N2CCCCC2)nc(C)n1. The molecule has 30 heavy (non-hydrogen) atoms. The minimum absolute atomic E-state index is 0.112. The maximum absolute atomic E-state index is 12.7. The first-order chi connectivity index (χ1) is 14.3. The van der Waals surface area contributed by atoms with E-state index in [1.165, 1.54) is 13.5 Å². The first-order valence-corrected chi connectivity index (χ1v) is 11.7. The molecule has 9 heteroatoms. The number of sulfonamides is 1. The molecule has 0 aliphatic carbocycles. The van der Waals surface area contributed by atoms with Crippen molar-refractivity contribution in [1.29, 1.82) is 0 Å². The molecule has 0 amide bonds. The molecule has 1 saturated heterocycles. The van der Waals surface area contributed by atoms with Gasteiger partial charge >= 0.3 is 0 Å². The van der Waals surface area contributed by atoms with Crippen LogP contribution in [0.1, 0.15) is 36.2 Å². The van der Waals surface area contributed by atoms with Crippen molar-refractivity contribution in [1.82, 2.24) is 14.7 Å². The number of anilines is 1. The molecule has 1 aliphatic rings. The smallest absolute Gasteiger partial charge is 0.244 e. The number of hydrogen-bond acceptors (Lipinski definition) is 7. The van der Waals surface area contributed by atoms with E-state index in [0.717, 1.165) is 42.9 Å². The fourth-order valence-corrected chi connectivity index (χ4v) is 4.67. The highest BCUT2D eigenvalue weighted by atomic mass is 32.2. The second-order valence-electron chi connectivity index (χ2n) is 7.49. The standard InChI is InChI=1S/C21H30N4O4S/c1-15-12-18(28-4)19(13-16(15)2)30(26,27)22-8-11-29-21-14-20(23-17(3)24-21)25-9-6-5-7-10-25/h12-14,22H,5-11H2,1-4H3. The zero-order valence-corrected chi connectivity index (χ0v) is 18.9. The molecule has 0 bridgehead atoms. The Hall–Kier alpha value is -2.39. The number of aryl methyl sites for hydroxylation is 3. The molecule has 164 valence electrons. The Balaban J connectivity index is 1.62. The van der Waals surface area contributed by atoms with Gasteiger partial charge in [-0.3, -0.25) is 0 Å². The van der Waals surface area contributed by atoms with Crippen LogP contribution in [0.3, 0.4) is 0 Å². The van der Waals surface area contributed by atoms with E-state index in [0.29, 0.717) is 17.5 Å². The van der Waals surface area contributed by atoms with Crippen LogP contribution in [0.4, 0.5) is 5.82 Å². The highest BCUT2D eigenvalue weighted by molar-refractivity contribution is 7.89. The van der Waals surface area contributed by atoms with E-state index in [1.54, 1.807) is 12.1 Å². The average Bonchev–Trinajstić information content (AvgIpc) is 2.73. The van der Waals surface area contributed by atoms with E-state index in [1.807, 2.05) is 26.8 Å². The lowest BCUT2D eigenvalue weighted by atomic mass is 10.1. The van der Waals surface area contributed by atoms with E-state index >= 15 is 0 Å². The number of rotatable bonds is 8. The summed E-state index contributed by atoms with van der Waals surface area (Å²) >= 11 is 0. The molecule has 1 aliphatic heterocycles. The summed E-state index contributed by atoms with van der Waals surface area (Å²) in [5, 5.41) is 0. The van der Waals surface area contributed by atoms with Gasteiger partial charge in [-0.2, -0.15) is 4.98 Å². The van der Waals surface area contributed by atoms with Gasteiger partial charge in [0.15, 0.2) is 0 Å². The van der Waals surface area contributed by atoms with Crippen LogP contribution in [0.5, 0.6) is 11.6 Å². The van der Waals surface area contributed by atoms with Gasteiger partial charge in [0.1, 0.15) is 28.9 Å². The fraction of sp³-hybridized carbons (Fsp3) is 0.524. The minimum atomic E-state index is -3.73. The van der Waals surface area contributed by atoms with Gasteiger partial charge in [-0.25, -0.2) is 18.1 Å². The van der Waals surface area contributed by atoms with Crippen LogP contribution in [-0.4, -0.2) is 51.7 Å². The van der Waals surface area contributed by atoms with Gasteiger partial charge in [0.05, 0.1) is 7.11 Å². The third-order valence-corrected chi connectivity index (χ3v) is 6.68. The summed E-state index contributed by atoms with van der Waals surface area (Å²) in [6, 6.07) is 5.17. The van der Waals surface area contributed by atoms with Gasteiger partial charge in [0.25, 0.3) is 0 Å². The number of nitrogens with one attached hydrogen (secondary N) is 1. The van der Waals surface area contributed by atoms with Crippen molar-refractivity contribution in [2.24, 2.45) is 0 Å². The lowest BCUT2D eigenvalue weighted by molar-refractivity contribution is 0.309. The quantitative estimate of drug-likeness (QED) is 0.639. The molecule has 1 aromatic heterocycles. The Morgan fingerprint density at radius 1 is 1.03 bits per heavy atom. The molecule has 1 aromatic carbocycles. The maximum Gasteiger partial charge on any atom is 0.244 e. The van der Waals surface area contributed by atoms with Crippen molar-refractivity contribution in [3.63, 3.8) is 0 Å². The number of ether oxygens (including phenoxy) is 2. The van der Waals surface area contributed by atoms with E-state index in [-0.39, 0.29) is 18.0 Å². The van der Waals surface area contributed by atoms with Crippen LogP contribution < -0.4 is 19.1 Å². The summed E-state index contributed by atoms with van der Waals surface area (Å²) in [6.45, 7) is 7.84. The lowest BCUT2D eigenvalue weighted by Gasteiger charge is -2.28. The third kappa shape index (κ3) is 5.40. The predicted octanol–water partition coefficient (Wildman–Crippen LogP) is 2.76. The third-order valence-electron chi connectivity index (χ3n) is 5.19. The molecule has 2 heterocycles. The first kappa shape index (κ1) is 22.3. The minimum Gasteiger partial charge on any atom is -0.495 e. The van der Waals surface area contributed by atoms with Gasteiger partial charge in [-0.05, 0) is 63.3 Å². The Labute approximate surface area is 178 Å². The van der Waals surface area contributed by atoms with Crippen LogP contribution in [0.25, 0.3) is 0 Å². The summed E-state index contributed by atoms with van der Waals surface area (Å²) in [5.41, 5.74) is 1.85. The van der Waals surface area contributed by atoms with E-state index < -0.39 is 10.0 Å². The Bertz CT molecular complexity index is 989. The molecule has 0 saturated carbocycles. The van der Waals surface area contributed by atoms with Crippen LogP contribution >= 0.6 is 0 Å². The van der Waals surface area contributed by atoms with Gasteiger partial charge in [-0.15, -0.1) is 0 Å². The molecule has 8 nitrogen and oxygen atoms in total. The molecule has 2 aromatic rings. The molecular weight excluding hydrogens is 404 g/mol. The number of methoxy groups -OCH3 is 1. The molecule has 0 atom stereocenters. The maximum atomic E-state index is 12.7. The fourth-order valence-electron chi connectivity index (χ4n) is 3.43.